The third kappa shape index (κ3) is 4.14. The van der Waals surface area contributed by atoms with Gasteiger partial charge in [-0.2, -0.15) is 11.8 Å². The first-order chi connectivity index (χ1) is 7.25. The van der Waals surface area contributed by atoms with Crippen molar-refractivity contribution in [2.24, 2.45) is 5.73 Å². The Hall–Kier alpha value is -0.670. The molecule has 1 aromatic carbocycles. The predicted octanol–water partition coefficient (Wildman–Crippen LogP) is 2.84. The van der Waals surface area contributed by atoms with E-state index in [0.29, 0.717) is 0 Å². The number of para-hydroxylation sites is 1. The van der Waals surface area contributed by atoms with Crippen LogP contribution in [0.25, 0.3) is 0 Å². The molecule has 1 aromatic rings. The lowest BCUT2D eigenvalue weighted by atomic mass is 10.1. The van der Waals surface area contributed by atoms with E-state index in [0.717, 1.165) is 30.1 Å². The molecule has 1 rings (SSSR count). The zero-order valence-corrected chi connectivity index (χ0v) is 10.2. The monoisotopic (exact) mass is 225 g/mol. The smallest absolute Gasteiger partial charge is 0.124 e. The second-order valence-electron chi connectivity index (χ2n) is 3.52. The first-order valence-corrected chi connectivity index (χ1v) is 6.61. The quantitative estimate of drug-likeness (QED) is 0.756. The van der Waals surface area contributed by atoms with Gasteiger partial charge in [0.2, 0.25) is 0 Å². The van der Waals surface area contributed by atoms with Crippen molar-refractivity contribution in [1.29, 1.82) is 0 Å². The van der Waals surface area contributed by atoms with Crippen molar-refractivity contribution in [1.82, 2.24) is 0 Å². The van der Waals surface area contributed by atoms with Gasteiger partial charge in [-0.25, -0.2) is 0 Å². The fraction of sp³-hybridized carbons (Fsp3) is 0.500. The number of thioether (sulfide) groups is 1. The van der Waals surface area contributed by atoms with Gasteiger partial charge in [-0.1, -0.05) is 18.2 Å². The van der Waals surface area contributed by atoms with Gasteiger partial charge in [0.25, 0.3) is 0 Å². The molecule has 2 N–H and O–H groups in total. The van der Waals surface area contributed by atoms with Gasteiger partial charge in [-0.3, -0.25) is 0 Å². The van der Waals surface area contributed by atoms with Crippen molar-refractivity contribution >= 4 is 11.8 Å². The fourth-order valence-electron chi connectivity index (χ4n) is 1.37. The first-order valence-electron chi connectivity index (χ1n) is 5.22. The van der Waals surface area contributed by atoms with Crippen LogP contribution in [-0.4, -0.2) is 18.6 Å². The van der Waals surface area contributed by atoms with E-state index in [2.05, 4.69) is 6.26 Å². The van der Waals surface area contributed by atoms with Gasteiger partial charge in [0.1, 0.15) is 5.75 Å². The summed E-state index contributed by atoms with van der Waals surface area (Å²) in [5.74, 6) is 2.06. The summed E-state index contributed by atoms with van der Waals surface area (Å²) in [6, 6.07) is 8.01. The average molecular weight is 225 g/mol. The van der Waals surface area contributed by atoms with Crippen LogP contribution in [0, 0.1) is 0 Å². The van der Waals surface area contributed by atoms with Crippen molar-refractivity contribution in [2.75, 3.05) is 18.6 Å². The van der Waals surface area contributed by atoms with E-state index >= 15 is 0 Å². The molecule has 1 atom stereocenters. The van der Waals surface area contributed by atoms with Crippen molar-refractivity contribution in [3.05, 3.63) is 29.8 Å². The van der Waals surface area contributed by atoms with Crippen molar-refractivity contribution in [2.45, 2.75) is 19.4 Å². The Morgan fingerprint density at radius 1 is 1.40 bits per heavy atom. The van der Waals surface area contributed by atoms with E-state index in [1.807, 2.05) is 43.0 Å². The van der Waals surface area contributed by atoms with Crippen LogP contribution in [0.1, 0.15) is 24.9 Å². The highest BCUT2D eigenvalue weighted by Gasteiger charge is 2.06. The lowest BCUT2D eigenvalue weighted by molar-refractivity contribution is 0.314. The lowest BCUT2D eigenvalue weighted by Gasteiger charge is -2.13. The molecular weight excluding hydrogens is 206 g/mol. The van der Waals surface area contributed by atoms with Gasteiger partial charge >= 0.3 is 0 Å². The summed E-state index contributed by atoms with van der Waals surface area (Å²) in [6.07, 6.45) is 3.18. The van der Waals surface area contributed by atoms with Crippen molar-refractivity contribution in [3.63, 3.8) is 0 Å². The van der Waals surface area contributed by atoms with E-state index in [4.69, 9.17) is 10.5 Å². The summed E-state index contributed by atoms with van der Waals surface area (Å²) >= 11 is 1.84. The third-order valence-electron chi connectivity index (χ3n) is 2.16. The van der Waals surface area contributed by atoms with Gasteiger partial charge < -0.3 is 10.5 Å². The van der Waals surface area contributed by atoms with E-state index < -0.39 is 0 Å². The van der Waals surface area contributed by atoms with Crippen LogP contribution >= 0.6 is 11.8 Å². The average Bonchev–Trinajstić information content (AvgIpc) is 2.25. The molecule has 0 spiro atoms. The molecule has 0 fully saturated rings. The second kappa shape index (κ2) is 6.75. The van der Waals surface area contributed by atoms with E-state index in [-0.39, 0.29) is 6.04 Å². The standard InChI is InChI=1S/C12H19NOS/c1-10(13)11-6-3-4-7-12(11)14-8-5-9-15-2/h3-4,6-7,10H,5,8-9,13H2,1-2H3. The maximum atomic E-state index is 5.86. The summed E-state index contributed by atoms with van der Waals surface area (Å²) in [5.41, 5.74) is 6.95. The highest BCUT2D eigenvalue weighted by atomic mass is 32.2. The van der Waals surface area contributed by atoms with Gasteiger partial charge in [0.05, 0.1) is 6.61 Å². The summed E-state index contributed by atoms with van der Waals surface area (Å²) in [5, 5.41) is 0. The molecular formula is C12H19NOS. The Labute approximate surface area is 96.2 Å². The molecule has 0 aliphatic carbocycles. The van der Waals surface area contributed by atoms with Crippen molar-refractivity contribution < 1.29 is 4.74 Å². The molecule has 0 radical (unpaired) electrons. The molecule has 3 heteroatoms. The Morgan fingerprint density at radius 2 is 2.13 bits per heavy atom. The largest absolute Gasteiger partial charge is 0.493 e. The van der Waals surface area contributed by atoms with E-state index in [1.165, 1.54) is 0 Å². The minimum atomic E-state index is 0.0294. The molecule has 0 saturated carbocycles. The lowest BCUT2D eigenvalue weighted by Crippen LogP contribution is -2.08. The zero-order chi connectivity index (χ0) is 11.1. The Bertz CT molecular complexity index is 289. The molecule has 1 unspecified atom stereocenters. The number of rotatable bonds is 6. The minimum Gasteiger partial charge on any atom is -0.493 e. The summed E-state index contributed by atoms with van der Waals surface area (Å²) in [7, 11) is 0. The maximum Gasteiger partial charge on any atom is 0.124 e. The minimum absolute atomic E-state index is 0.0294. The Morgan fingerprint density at radius 3 is 2.80 bits per heavy atom. The summed E-state index contributed by atoms with van der Waals surface area (Å²) < 4.78 is 5.71. The highest BCUT2D eigenvalue weighted by molar-refractivity contribution is 7.98. The van der Waals surface area contributed by atoms with Crippen LogP contribution < -0.4 is 10.5 Å². The van der Waals surface area contributed by atoms with Gasteiger partial charge in [0, 0.05) is 11.6 Å². The van der Waals surface area contributed by atoms with Crippen LogP contribution in [0.5, 0.6) is 5.75 Å². The van der Waals surface area contributed by atoms with Gasteiger partial charge in [-0.05, 0) is 31.4 Å². The normalized spacial score (nSPS) is 12.5. The molecule has 84 valence electrons. The van der Waals surface area contributed by atoms with Crippen molar-refractivity contribution in [3.8, 4) is 5.75 Å². The summed E-state index contributed by atoms with van der Waals surface area (Å²) in [6.45, 7) is 2.74. The number of benzene rings is 1. The van der Waals surface area contributed by atoms with Crippen LogP contribution in [0.15, 0.2) is 24.3 Å². The van der Waals surface area contributed by atoms with Gasteiger partial charge in [-0.15, -0.1) is 0 Å². The molecule has 0 aliphatic rings. The fourth-order valence-corrected chi connectivity index (χ4v) is 1.78. The number of hydrogen-bond donors (Lipinski definition) is 1. The molecule has 0 aromatic heterocycles. The predicted molar refractivity (Wildman–Crippen MR) is 67.5 cm³/mol. The summed E-state index contributed by atoms with van der Waals surface area (Å²) in [4.78, 5) is 0. The number of hydrogen-bond acceptors (Lipinski definition) is 3. The molecule has 0 amide bonds. The molecule has 15 heavy (non-hydrogen) atoms. The maximum absolute atomic E-state index is 5.86. The van der Waals surface area contributed by atoms with Crippen LogP contribution in [0.2, 0.25) is 0 Å². The van der Waals surface area contributed by atoms with Crippen LogP contribution in [-0.2, 0) is 0 Å². The topological polar surface area (TPSA) is 35.2 Å². The third-order valence-corrected chi connectivity index (χ3v) is 2.86. The first kappa shape index (κ1) is 12.4. The number of ether oxygens (including phenoxy) is 1. The zero-order valence-electron chi connectivity index (χ0n) is 9.40. The van der Waals surface area contributed by atoms with E-state index in [9.17, 15) is 0 Å². The van der Waals surface area contributed by atoms with E-state index in [1.54, 1.807) is 0 Å². The molecule has 2 nitrogen and oxygen atoms in total. The highest BCUT2D eigenvalue weighted by Crippen LogP contribution is 2.23. The second-order valence-corrected chi connectivity index (χ2v) is 4.51. The van der Waals surface area contributed by atoms with Crippen LogP contribution in [0.3, 0.4) is 0 Å². The Kier molecular flexibility index (Phi) is 5.58. The van der Waals surface area contributed by atoms with Gasteiger partial charge in [0.15, 0.2) is 0 Å². The molecule has 0 saturated heterocycles. The Balaban J connectivity index is 2.52. The number of nitrogens with two attached hydrogens (primary N) is 1. The molecule has 0 aliphatic heterocycles. The molecule has 0 bridgehead atoms. The van der Waals surface area contributed by atoms with Crippen LogP contribution in [0.4, 0.5) is 0 Å². The SMILES string of the molecule is CSCCCOc1ccccc1C(C)N. The molecule has 0 heterocycles.